The van der Waals surface area contributed by atoms with Crippen molar-refractivity contribution in [1.29, 1.82) is 5.26 Å². The van der Waals surface area contributed by atoms with Crippen LogP contribution in [0.2, 0.25) is 0 Å². The number of nitrogens with zero attached hydrogens (tertiary/aromatic N) is 7. The van der Waals surface area contributed by atoms with E-state index < -0.39 is 11.9 Å². The van der Waals surface area contributed by atoms with E-state index in [0.717, 1.165) is 29.9 Å². The average Bonchev–Trinajstić information content (AvgIpc) is 3.58. The number of aromatic nitrogens is 5. The molecule has 0 aliphatic carbocycles. The number of hydrogen-bond acceptors (Lipinski definition) is 8. The normalized spacial score (nSPS) is 15.3. The molecule has 0 aromatic carbocycles. The number of fused-ring (bicyclic) bond motifs is 1. The summed E-state index contributed by atoms with van der Waals surface area (Å²) >= 11 is 0. The Balaban J connectivity index is 1.43. The summed E-state index contributed by atoms with van der Waals surface area (Å²) in [5.74, 6) is -0.794. The van der Waals surface area contributed by atoms with E-state index in [-0.39, 0.29) is 18.2 Å². The number of nitrogens with two attached hydrogens (primary N) is 1. The van der Waals surface area contributed by atoms with Crippen molar-refractivity contribution in [2.24, 2.45) is 5.73 Å². The number of pyridine rings is 1. The summed E-state index contributed by atoms with van der Waals surface area (Å²) in [6.45, 7) is 1.18. The minimum atomic E-state index is -0.984. The van der Waals surface area contributed by atoms with Crippen molar-refractivity contribution in [3.8, 4) is 17.2 Å². The highest BCUT2D eigenvalue weighted by molar-refractivity contribution is 6.02. The van der Waals surface area contributed by atoms with Crippen molar-refractivity contribution in [2.45, 2.75) is 19.0 Å². The number of aliphatic carboxylic acids is 1. The molecule has 12 heteroatoms. The lowest BCUT2D eigenvalue weighted by Gasteiger charge is -2.19. The summed E-state index contributed by atoms with van der Waals surface area (Å²) in [6.07, 6.45) is 8.81. The Morgan fingerprint density at radius 1 is 1.20 bits per heavy atom. The van der Waals surface area contributed by atoms with Crippen LogP contribution in [0.25, 0.3) is 16.6 Å². The van der Waals surface area contributed by atoms with Gasteiger partial charge < -0.3 is 21.1 Å². The van der Waals surface area contributed by atoms with Crippen molar-refractivity contribution in [1.82, 2.24) is 24.4 Å². The molecule has 176 valence electrons. The van der Waals surface area contributed by atoms with Crippen LogP contribution >= 0.6 is 0 Å². The molecule has 1 fully saturated rings. The molecule has 0 spiro atoms. The third-order valence-electron chi connectivity index (χ3n) is 5.90. The number of anilines is 2. The van der Waals surface area contributed by atoms with E-state index in [0.29, 0.717) is 23.3 Å². The number of hydrogen-bond donors (Lipinski definition) is 3. The predicted octanol–water partition coefficient (Wildman–Crippen LogP) is 1.34. The molecule has 4 N–H and O–H groups in total. The number of amides is 1. The lowest BCUT2D eigenvalue weighted by atomic mass is 10.1. The Hall–Kier alpha value is -4.92. The van der Waals surface area contributed by atoms with Crippen LogP contribution in [0.15, 0.2) is 49.2 Å². The van der Waals surface area contributed by atoms with Gasteiger partial charge >= 0.3 is 5.97 Å². The number of carbonyl (C=O) groups excluding carboxylic acids is 1. The molecular weight excluding hydrogens is 450 g/mol. The van der Waals surface area contributed by atoms with Gasteiger partial charge in [-0.1, -0.05) is 0 Å². The zero-order chi connectivity index (χ0) is 24.5. The third kappa shape index (κ3) is 4.34. The molecule has 4 aromatic rings. The summed E-state index contributed by atoms with van der Waals surface area (Å²) in [5.41, 5.74) is 9.17. The largest absolute Gasteiger partial charge is 0.480 e. The van der Waals surface area contributed by atoms with E-state index in [9.17, 15) is 9.59 Å². The van der Waals surface area contributed by atoms with Crippen LogP contribution in [0.5, 0.6) is 0 Å². The summed E-state index contributed by atoms with van der Waals surface area (Å²) in [5, 5.41) is 29.8. The Bertz CT molecular complexity index is 1470. The highest BCUT2D eigenvalue weighted by atomic mass is 16.4. The lowest BCUT2D eigenvalue weighted by molar-refractivity contribution is -0.137. The van der Waals surface area contributed by atoms with Crippen molar-refractivity contribution < 1.29 is 14.7 Å². The Morgan fingerprint density at radius 2 is 2.06 bits per heavy atom. The molecule has 1 atom stereocenters. The first kappa shape index (κ1) is 21.9. The van der Waals surface area contributed by atoms with Crippen LogP contribution in [-0.2, 0) is 11.3 Å². The van der Waals surface area contributed by atoms with Gasteiger partial charge in [0.2, 0.25) is 0 Å². The molecule has 1 saturated heterocycles. The van der Waals surface area contributed by atoms with Gasteiger partial charge in [-0.2, -0.15) is 15.5 Å². The Labute approximate surface area is 199 Å². The molecule has 1 amide bonds. The van der Waals surface area contributed by atoms with Crippen LogP contribution in [-0.4, -0.2) is 60.5 Å². The SMILES string of the molecule is N#Cc1ccc(N2CC[C@H](Nc3c(C(N)=O)cnn4cc(-c5cnn(CC(=O)O)c5)cc34)C2)nc1. The lowest BCUT2D eigenvalue weighted by Crippen LogP contribution is -2.28. The fraction of sp³-hybridized carbons (Fsp3) is 0.217. The second kappa shape index (κ2) is 8.79. The van der Waals surface area contributed by atoms with E-state index >= 15 is 0 Å². The van der Waals surface area contributed by atoms with Gasteiger partial charge in [0.25, 0.3) is 5.91 Å². The summed E-state index contributed by atoms with van der Waals surface area (Å²) in [6, 6.07) is 7.51. The maximum Gasteiger partial charge on any atom is 0.325 e. The Morgan fingerprint density at radius 3 is 2.77 bits per heavy atom. The van der Waals surface area contributed by atoms with E-state index in [2.05, 4.69) is 31.5 Å². The number of rotatable bonds is 7. The molecule has 1 aliphatic heterocycles. The second-order valence-corrected chi connectivity index (χ2v) is 8.27. The van der Waals surface area contributed by atoms with Crippen LogP contribution in [0.1, 0.15) is 22.3 Å². The van der Waals surface area contributed by atoms with Gasteiger partial charge in [-0.25, -0.2) is 9.50 Å². The van der Waals surface area contributed by atoms with Gasteiger partial charge in [0.1, 0.15) is 18.4 Å². The predicted molar refractivity (Wildman–Crippen MR) is 126 cm³/mol. The van der Waals surface area contributed by atoms with Crippen LogP contribution in [0.4, 0.5) is 11.5 Å². The first-order chi connectivity index (χ1) is 16.9. The summed E-state index contributed by atoms with van der Waals surface area (Å²) in [7, 11) is 0. The molecule has 0 bridgehead atoms. The van der Waals surface area contributed by atoms with Gasteiger partial charge in [0, 0.05) is 48.8 Å². The molecule has 12 nitrogen and oxygen atoms in total. The maximum atomic E-state index is 12.2. The third-order valence-corrected chi connectivity index (χ3v) is 5.90. The molecule has 0 radical (unpaired) electrons. The smallest absolute Gasteiger partial charge is 0.325 e. The van der Waals surface area contributed by atoms with Crippen LogP contribution in [0.3, 0.4) is 0 Å². The fourth-order valence-electron chi connectivity index (χ4n) is 4.22. The minimum absolute atomic E-state index is 0.0217. The molecule has 5 heterocycles. The zero-order valence-corrected chi connectivity index (χ0v) is 18.5. The number of nitrogens with one attached hydrogen (secondary N) is 1. The number of carboxylic acids is 1. The van der Waals surface area contributed by atoms with Crippen molar-refractivity contribution in [3.63, 3.8) is 0 Å². The zero-order valence-electron chi connectivity index (χ0n) is 18.5. The van der Waals surface area contributed by atoms with Gasteiger partial charge in [-0.05, 0) is 24.6 Å². The average molecular weight is 471 g/mol. The number of nitriles is 1. The highest BCUT2D eigenvalue weighted by Crippen LogP contribution is 2.30. The number of primary amides is 1. The maximum absolute atomic E-state index is 12.2. The van der Waals surface area contributed by atoms with Crippen LogP contribution in [0, 0.1) is 11.3 Å². The van der Waals surface area contributed by atoms with E-state index in [1.165, 1.54) is 10.9 Å². The fourth-order valence-corrected chi connectivity index (χ4v) is 4.22. The molecule has 5 rings (SSSR count). The molecule has 0 saturated carbocycles. The quantitative estimate of drug-likeness (QED) is 0.360. The Kier molecular flexibility index (Phi) is 5.50. The van der Waals surface area contributed by atoms with Crippen molar-refractivity contribution >= 4 is 28.9 Å². The topological polar surface area (TPSA) is 167 Å². The summed E-state index contributed by atoms with van der Waals surface area (Å²) < 4.78 is 2.99. The van der Waals surface area contributed by atoms with Gasteiger partial charge in [0.15, 0.2) is 0 Å². The van der Waals surface area contributed by atoms with Crippen molar-refractivity contribution in [3.05, 3.63) is 60.3 Å². The standard InChI is InChI=1S/C23H21N9O3/c24-6-14-1-2-20(26-7-14)30-4-3-17(12-30)29-22-18(23(25)35)9-28-32-11-15(5-19(22)32)16-8-27-31(10-16)13-21(33)34/h1-2,5,7-11,17,29H,3-4,12-13H2,(H2,25,35)(H,33,34)/t17-/m0/s1. The molecule has 1 aliphatic rings. The van der Waals surface area contributed by atoms with Crippen LogP contribution < -0.4 is 16.0 Å². The van der Waals surface area contributed by atoms with E-state index in [1.807, 2.05) is 12.1 Å². The molecular formula is C23H21N9O3. The molecule has 0 unspecified atom stereocenters. The molecule has 4 aromatic heterocycles. The number of carbonyl (C=O) groups is 2. The van der Waals surface area contributed by atoms with Gasteiger partial charge in [-0.15, -0.1) is 0 Å². The molecule has 35 heavy (non-hydrogen) atoms. The van der Waals surface area contributed by atoms with Crippen molar-refractivity contribution in [2.75, 3.05) is 23.3 Å². The first-order valence-electron chi connectivity index (χ1n) is 10.8. The summed E-state index contributed by atoms with van der Waals surface area (Å²) in [4.78, 5) is 29.6. The second-order valence-electron chi connectivity index (χ2n) is 8.27. The van der Waals surface area contributed by atoms with Gasteiger partial charge in [0.05, 0.1) is 34.7 Å². The number of carboxylic acid groups (broad SMARTS) is 1. The highest BCUT2D eigenvalue weighted by Gasteiger charge is 2.26. The first-order valence-corrected chi connectivity index (χ1v) is 10.8. The van der Waals surface area contributed by atoms with E-state index in [4.69, 9.17) is 16.1 Å². The minimum Gasteiger partial charge on any atom is -0.480 e. The van der Waals surface area contributed by atoms with Gasteiger partial charge in [-0.3, -0.25) is 14.3 Å². The monoisotopic (exact) mass is 471 g/mol. The van der Waals surface area contributed by atoms with E-state index in [1.54, 1.807) is 35.4 Å².